The molecule has 0 aliphatic heterocycles. The average Bonchev–Trinajstić information content (AvgIpc) is 2.51. The first-order valence-corrected chi connectivity index (χ1v) is 7.86. The molecule has 0 bridgehead atoms. The van der Waals surface area contributed by atoms with E-state index < -0.39 is 17.7 Å². The number of halogens is 3. The van der Waals surface area contributed by atoms with Crippen molar-refractivity contribution in [1.82, 2.24) is 4.90 Å². The van der Waals surface area contributed by atoms with Crippen LogP contribution in [0.1, 0.15) is 13.8 Å². The van der Waals surface area contributed by atoms with E-state index in [1.54, 1.807) is 32.2 Å². The Bertz CT molecular complexity index is 732. The maximum atomic E-state index is 13.4. The topological polar surface area (TPSA) is 29.5 Å². The first-order chi connectivity index (χ1) is 11.3. The van der Waals surface area contributed by atoms with Crippen molar-refractivity contribution in [1.29, 1.82) is 0 Å². The van der Waals surface area contributed by atoms with E-state index in [1.807, 2.05) is 6.92 Å². The molecule has 0 aromatic heterocycles. The fourth-order valence-electron chi connectivity index (χ4n) is 2.24. The molecule has 0 aliphatic carbocycles. The van der Waals surface area contributed by atoms with E-state index in [1.165, 1.54) is 17.0 Å². The molecule has 0 radical (unpaired) electrons. The Balaban J connectivity index is 2.30. The van der Waals surface area contributed by atoms with Crippen LogP contribution in [0, 0.1) is 11.6 Å². The van der Waals surface area contributed by atoms with E-state index in [2.05, 4.69) is 0 Å². The molecule has 0 N–H and O–H groups in total. The molecule has 0 heterocycles. The van der Waals surface area contributed by atoms with Crippen molar-refractivity contribution in [2.75, 3.05) is 13.6 Å². The van der Waals surface area contributed by atoms with Crippen LogP contribution in [-0.2, 0) is 4.79 Å². The molecule has 0 saturated carbocycles. The SMILES string of the molecule is CCN(C)C(=O)C(C)Oc1cc(Cl)cc(-c2cc(F)cc(F)c2)c1. The summed E-state index contributed by atoms with van der Waals surface area (Å²) in [6, 6.07) is 7.93. The molecule has 0 fully saturated rings. The van der Waals surface area contributed by atoms with Crippen LogP contribution in [0.25, 0.3) is 11.1 Å². The lowest BCUT2D eigenvalue weighted by Gasteiger charge is -2.21. The second-order valence-corrected chi connectivity index (χ2v) is 5.88. The number of ether oxygens (including phenoxy) is 1. The van der Waals surface area contributed by atoms with E-state index in [0.717, 1.165) is 6.07 Å². The van der Waals surface area contributed by atoms with Crippen LogP contribution < -0.4 is 4.74 Å². The zero-order chi connectivity index (χ0) is 17.9. The smallest absolute Gasteiger partial charge is 0.263 e. The zero-order valence-electron chi connectivity index (χ0n) is 13.6. The predicted octanol–water partition coefficient (Wildman–Crippen LogP) is 4.53. The number of benzene rings is 2. The number of carbonyl (C=O) groups is 1. The van der Waals surface area contributed by atoms with Crippen LogP contribution in [0.3, 0.4) is 0 Å². The highest BCUT2D eigenvalue weighted by Gasteiger charge is 2.18. The van der Waals surface area contributed by atoms with Crippen LogP contribution >= 0.6 is 11.6 Å². The molecular weight excluding hydrogens is 336 g/mol. The van der Waals surface area contributed by atoms with Crippen molar-refractivity contribution < 1.29 is 18.3 Å². The highest BCUT2D eigenvalue weighted by atomic mass is 35.5. The maximum Gasteiger partial charge on any atom is 0.263 e. The van der Waals surface area contributed by atoms with Gasteiger partial charge in [0.25, 0.3) is 5.91 Å². The molecule has 24 heavy (non-hydrogen) atoms. The third-order valence-corrected chi connectivity index (χ3v) is 3.80. The molecule has 1 amide bonds. The van der Waals surface area contributed by atoms with Crippen LogP contribution in [0.4, 0.5) is 8.78 Å². The summed E-state index contributed by atoms with van der Waals surface area (Å²) in [5, 5.41) is 0.343. The zero-order valence-corrected chi connectivity index (χ0v) is 14.4. The van der Waals surface area contributed by atoms with Crippen LogP contribution in [0.15, 0.2) is 36.4 Å². The first-order valence-electron chi connectivity index (χ1n) is 7.49. The molecule has 1 unspecified atom stereocenters. The van der Waals surface area contributed by atoms with Gasteiger partial charge in [-0.25, -0.2) is 8.78 Å². The van der Waals surface area contributed by atoms with Gasteiger partial charge in [0.1, 0.15) is 17.4 Å². The largest absolute Gasteiger partial charge is 0.481 e. The Hall–Kier alpha value is -2.14. The van der Waals surface area contributed by atoms with Gasteiger partial charge in [0.05, 0.1) is 0 Å². The normalized spacial score (nSPS) is 11.9. The third-order valence-electron chi connectivity index (χ3n) is 3.58. The minimum absolute atomic E-state index is 0.171. The molecule has 128 valence electrons. The highest BCUT2D eigenvalue weighted by molar-refractivity contribution is 6.31. The Labute approximate surface area is 144 Å². The lowest BCUT2D eigenvalue weighted by molar-refractivity contribution is -0.136. The van der Waals surface area contributed by atoms with E-state index in [9.17, 15) is 13.6 Å². The molecule has 3 nitrogen and oxygen atoms in total. The maximum absolute atomic E-state index is 13.4. The summed E-state index contributed by atoms with van der Waals surface area (Å²) in [5.41, 5.74) is 0.837. The van der Waals surface area contributed by atoms with Crippen molar-refractivity contribution in [2.45, 2.75) is 20.0 Å². The van der Waals surface area contributed by atoms with E-state index in [4.69, 9.17) is 16.3 Å². The molecule has 0 aliphatic rings. The first kappa shape index (κ1) is 18.2. The number of rotatable bonds is 5. The van der Waals surface area contributed by atoms with Crippen LogP contribution in [0.2, 0.25) is 5.02 Å². The van der Waals surface area contributed by atoms with Crippen molar-refractivity contribution in [3.05, 3.63) is 53.1 Å². The van der Waals surface area contributed by atoms with Gasteiger partial charge in [-0.3, -0.25) is 4.79 Å². The number of carbonyl (C=O) groups excluding carboxylic acids is 1. The van der Waals surface area contributed by atoms with Crippen molar-refractivity contribution in [3.63, 3.8) is 0 Å². The van der Waals surface area contributed by atoms with Gasteiger partial charge in [-0.2, -0.15) is 0 Å². The number of hydrogen-bond acceptors (Lipinski definition) is 2. The van der Waals surface area contributed by atoms with Gasteiger partial charge in [-0.1, -0.05) is 11.6 Å². The van der Waals surface area contributed by atoms with Crippen LogP contribution in [-0.4, -0.2) is 30.5 Å². The molecule has 0 spiro atoms. The Kier molecular flexibility index (Phi) is 5.78. The quantitative estimate of drug-likeness (QED) is 0.790. The second kappa shape index (κ2) is 7.62. The Morgan fingerprint density at radius 3 is 2.29 bits per heavy atom. The summed E-state index contributed by atoms with van der Waals surface area (Å²) >= 11 is 6.07. The third kappa shape index (κ3) is 4.45. The van der Waals surface area contributed by atoms with Crippen molar-refractivity contribution in [3.8, 4) is 16.9 Å². The fourth-order valence-corrected chi connectivity index (χ4v) is 2.46. The van der Waals surface area contributed by atoms with Gasteiger partial charge in [0.2, 0.25) is 0 Å². The Morgan fingerprint density at radius 2 is 1.71 bits per heavy atom. The second-order valence-electron chi connectivity index (χ2n) is 5.45. The summed E-state index contributed by atoms with van der Waals surface area (Å²) in [6.45, 7) is 4.06. The van der Waals surface area contributed by atoms with Gasteiger partial charge in [-0.05, 0) is 55.3 Å². The fraction of sp³-hybridized carbons (Fsp3) is 0.278. The molecule has 2 rings (SSSR count). The molecule has 0 saturated heterocycles. The standard InChI is InChI=1S/C18H18ClF2NO2/c1-4-22(3)18(23)11(2)24-17-8-12(5-14(19)9-17)13-6-15(20)10-16(21)7-13/h5-11H,4H2,1-3H3. The van der Waals surface area contributed by atoms with E-state index in [-0.39, 0.29) is 5.91 Å². The van der Waals surface area contributed by atoms with E-state index >= 15 is 0 Å². The van der Waals surface area contributed by atoms with Gasteiger partial charge in [0, 0.05) is 24.7 Å². The monoisotopic (exact) mass is 353 g/mol. The molecule has 2 aromatic rings. The lowest BCUT2D eigenvalue weighted by Crippen LogP contribution is -2.37. The van der Waals surface area contributed by atoms with Crippen molar-refractivity contribution >= 4 is 17.5 Å². The minimum atomic E-state index is -0.703. The van der Waals surface area contributed by atoms with Gasteiger partial charge in [-0.15, -0.1) is 0 Å². The lowest BCUT2D eigenvalue weighted by atomic mass is 10.1. The summed E-state index contributed by atoms with van der Waals surface area (Å²) < 4.78 is 32.4. The summed E-state index contributed by atoms with van der Waals surface area (Å²) in [7, 11) is 1.68. The average molecular weight is 354 g/mol. The number of hydrogen-bond donors (Lipinski definition) is 0. The van der Waals surface area contributed by atoms with Gasteiger partial charge < -0.3 is 9.64 Å². The highest BCUT2D eigenvalue weighted by Crippen LogP contribution is 2.30. The van der Waals surface area contributed by atoms with Crippen molar-refractivity contribution in [2.24, 2.45) is 0 Å². The molecule has 1 atom stereocenters. The van der Waals surface area contributed by atoms with Gasteiger partial charge >= 0.3 is 0 Å². The molecular formula is C18H18ClF2NO2. The number of amides is 1. The molecule has 6 heteroatoms. The van der Waals surface area contributed by atoms with Crippen LogP contribution in [0.5, 0.6) is 5.75 Å². The molecule has 2 aromatic carbocycles. The number of likely N-dealkylation sites (N-methyl/N-ethyl adjacent to an activating group) is 1. The van der Waals surface area contributed by atoms with Gasteiger partial charge in [0.15, 0.2) is 6.10 Å². The Morgan fingerprint density at radius 1 is 1.12 bits per heavy atom. The predicted molar refractivity (Wildman–Crippen MR) is 90.2 cm³/mol. The minimum Gasteiger partial charge on any atom is -0.481 e. The summed E-state index contributed by atoms with van der Waals surface area (Å²) in [5.74, 6) is -1.18. The summed E-state index contributed by atoms with van der Waals surface area (Å²) in [4.78, 5) is 13.6. The van der Waals surface area contributed by atoms with E-state index in [0.29, 0.717) is 28.4 Å². The number of nitrogens with zero attached hydrogens (tertiary/aromatic N) is 1. The summed E-state index contributed by atoms with van der Waals surface area (Å²) in [6.07, 6.45) is -0.703.